The van der Waals surface area contributed by atoms with Gasteiger partial charge in [-0.25, -0.2) is 9.18 Å². The number of piperidine rings is 1. The van der Waals surface area contributed by atoms with Gasteiger partial charge in [0.25, 0.3) is 5.91 Å². The first kappa shape index (κ1) is 18.2. The van der Waals surface area contributed by atoms with Crippen molar-refractivity contribution in [3.8, 4) is 0 Å². The Labute approximate surface area is 150 Å². The highest BCUT2D eigenvalue weighted by atomic mass is 19.1. The quantitative estimate of drug-likeness (QED) is 0.793. The molecule has 2 heterocycles. The molecule has 0 radical (unpaired) electrons. The van der Waals surface area contributed by atoms with Gasteiger partial charge in [-0.15, -0.1) is 0 Å². The van der Waals surface area contributed by atoms with E-state index in [-0.39, 0.29) is 42.4 Å². The minimum atomic E-state index is -0.493. The zero-order valence-electron chi connectivity index (χ0n) is 14.5. The molecule has 2 fully saturated rings. The summed E-state index contributed by atoms with van der Waals surface area (Å²) < 4.78 is 17.5. The van der Waals surface area contributed by atoms with Crippen LogP contribution in [0.4, 0.5) is 9.18 Å². The molecule has 8 heteroatoms. The maximum atomic E-state index is 13.0. The topological polar surface area (TPSA) is 87.7 Å². The second-order valence-electron chi connectivity index (χ2n) is 6.68. The molecule has 3 rings (SSSR count). The van der Waals surface area contributed by atoms with E-state index in [1.165, 1.54) is 31.4 Å². The lowest BCUT2D eigenvalue weighted by Crippen LogP contribution is -2.55. The Hall–Kier alpha value is -2.64. The smallest absolute Gasteiger partial charge is 0.325 e. The molecule has 2 bridgehead atoms. The van der Waals surface area contributed by atoms with E-state index in [1.807, 2.05) is 0 Å². The Balaban J connectivity index is 1.56. The number of urea groups is 1. The third-order valence-electron chi connectivity index (χ3n) is 5.02. The van der Waals surface area contributed by atoms with E-state index in [4.69, 9.17) is 0 Å². The second kappa shape index (κ2) is 7.72. The van der Waals surface area contributed by atoms with Gasteiger partial charge in [0.15, 0.2) is 0 Å². The predicted octanol–water partition coefficient (Wildman–Crippen LogP) is 1.43. The third kappa shape index (κ3) is 3.95. The Morgan fingerprint density at radius 3 is 2.35 bits per heavy atom. The molecule has 140 valence electrons. The zero-order valence-corrected chi connectivity index (χ0v) is 14.5. The van der Waals surface area contributed by atoms with E-state index in [1.54, 1.807) is 4.90 Å². The molecule has 2 N–H and O–H groups in total. The van der Waals surface area contributed by atoms with Gasteiger partial charge in [-0.1, -0.05) is 0 Å². The van der Waals surface area contributed by atoms with Gasteiger partial charge >= 0.3 is 12.0 Å². The van der Waals surface area contributed by atoms with E-state index in [0.717, 1.165) is 12.8 Å². The van der Waals surface area contributed by atoms with Gasteiger partial charge in [-0.2, -0.15) is 0 Å². The number of carbonyl (C=O) groups excluding carboxylic acids is 3. The second-order valence-corrected chi connectivity index (χ2v) is 6.68. The largest absolute Gasteiger partial charge is 0.468 e. The van der Waals surface area contributed by atoms with Gasteiger partial charge in [0.2, 0.25) is 0 Å². The number of carbonyl (C=O) groups is 3. The van der Waals surface area contributed by atoms with Crippen LogP contribution in [-0.4, -0.2) is 54.6 Å². The molecule has 3 atom stereocenters. The first-order valence-corrected chi connectivity index (χ1v) is 8.67. The predicted molar refractivity (Wildman–Crippen MR) is 91.0 cm³/mol. The molecule has 2 aliphatic heterocycles. The molecule has 0 aromatic heterocycles. The number of methoxy groups -OCH3 is 1. The van der Waals surface area contributed by atoms with Crippen molar-refractivity contribution in [2.24, 2.45) is 0 Å². The van der Waals surface area contributed by atoms with Crippen molar-refractivity contribution >= 4 is 17.9 Å². The molecule has 26 heavy (non-hydrogen) atoms. The number of rotatable bonds is 4. The highest BCUT2D eigenvalue weighted by molar-refractivity contribution is 5.94. The average Bonchev–Trinajstić information content (AvgIpc) is 2.90. The number of benzene rings is 1. The lowest BCUT2D eigenvalue weighted by atomic mass is 9.97. The Morgan fingerprint density at radius 1 is 1.15 bits per heavy atom. The van der Waals surface area contributed by atoms with Crippen molar-refractivity contribution in [3.05, 3.63) is 35.6 Å². The zero-order chi connectivity index (χ0) is 18.7. The fourth-order valence-corrected chi connectivity index (χ4v) is 3.81. The molecule has 3 amide bonds. The molecule has 1 unspecified atom stereocenters. The lowest BCUT2D eigenvalue weighted by molar-refractivity contribution is -0.139. The summed E-state index contributed by atoms with van der Waals surface area (Å²) >= 11 is 0. The Bertz CT molecular complexity index is 680. The van der Waals surface area contributed by atoms with Crippen molar-refractivity contribution in [2.75, 3.05) is 13.7 Å². The van der Waals surface area contributed by atoms with Gasteiger partial charge in [-0.05, 0) is 49.9 Å². The van der Waals surface area contributed by atoms with E-state index >= 15 is 0 Å². The summed E-state index contributed by atoms with van der Waals surface area (Å²) in [5, 5.41) is 5.56. The van der Waals surface area contributed by atoms with Gasteiger partial charge in [-0.3, -0.25) is 9.59 Å². The monoisotopic (exact) mass is 363 g/mol. The van der Waals surface area contributed by atoms with Gasteiger partial charge < -0.3 is 20.3 Å². The summed E-state index contributed by atoms with van der Waals surface area (Å²) in [7, 11) is 1.27. The van der Waals surface area contributed by atoms with Crippen LogP contribution in [0.15, 0.2) is 24.3 Å². The van der Waals surface area contributed by atoms with Crippen molar-refractivity contribution in [1.82, 2.24) is 15.5 Å². The number of esters is 1. The fraction of sp³-hybridized carbons (Fsp3) is 0.500. The van der Waals surface area contributed by atoms with Crippen LogP contribution in [-0.2, 0) is 9.53 Å². The van der Waals surface area contributed by atoms with Gasteiger partial charge in [0, 0.05) is 23.7 Å². The van der Waals surface area contributed by atoms with Crippen LogP contribution in [0.5, 0.6) is 0 Å². The van der Waals surface area contributed by atoms with E-state index in [9.17, 15) is 18.8 Å². The number of hydrogen-bond donors (Lipinski definition) is 2. The highest BCUT2D eigenvalue weighted by Crippen LogP contribution is 2.35. The summed E-state index contributed by atoms with van der Waals surface area (Å²) in [5.74, 6) is -1.11. The van der Waals surface area contributed by atoms with Gasteiger partial charge in [0.05, 0.1) is 7.11 Å². The molecule has 2 saturated heterocycles. The summed E-state index contributed by atoms with van der Waals surface area (Å²) in [6, 6.07) is 5.18. The Morgan fingerprint density at radius 2 is 1.77 bits per heavy atom. The first-order chi connectivity index (χ1) is 12.5. The standard InChI is InChI=1S/C18H22FN3O4/c1-26-16(23)10-20-18(25)22-14-6-7-15(22)9-13(8-14)21-17(24)11-2-4-12(19)5-3-11/h2-5,13-15H,6-10H2,1H3,(H,20,25)(H,21,24)/t13?,14-,15+. The van der Waals surface area contributed by atoms with Crippen molar-refractivity contribution in [1.29, 1.82) is 0 Å². The summed E-state index contributed by atoms with van der Waals surface area (Å²) in [5.41, 5.74) is 0.414. The van der Waals surface area contributed by atoms with Gasteiger partial charge in [0.1, 0.15) is 12.4 Å². The highest BCUT2D eigenvalue weighted by Gasteiger charge is 2.43. The maximum absolute atomic E-state index is 13.0. The van der Waals surface area contributed by atoms with Crippen LogP contribution < -0.4 is 10.6 Å². The fourth-order valence-electron chi connectivity index (χ4n) is 3.81. The van der Waals surface area contributed by atoms with E-state index in [2.05, 4.69) is 15.4 Å². The molecular weight excluding hydrogens is 341 g/mol. The number of nitrogens with one attached hydrogen (secondary N) is 2. The van der Waals surface area contributed by atoms with Crippen molar-refractivity contribution < 1.29 is 23.5 Å². The molecule has 0 spiro atoms. The van der Waals surface area contributed by atoms with Crippen LogP contribution in [0, 0.1) is 5.82 Å². The molecular formula is C18H22FN3O4. The summed E-state index contributed by atoms with van der Waals surface area (Å²) in [6.45, 7) is -0.157. The third-order valence-corrected chi connectivity index (χ3v) is 5.02. The normalized spacial score (nSPS) is 24.1. The van der Waals surface area contributed by atoms with E-state index in [0.29, 0.717) is 18.4 Å². The van der Waals surface area contributed by atoms with E-state index < -0.39 is 5.97 Å². The van der Waals surface area contributed by atoms with Crippen LogP contribution in [0.3, 0.4) is 0 Å². The first-order valence-electron chi connectivity index (χ1n) is 8.67. The minimum Gasteiger partial charge on any atom is -0.468 e. The molecule has 0 aliphatic carbocycles. The van der Waals surface area contributed by atoms with Crippen LogP contribution in [0.25, 0.3) is 0 Å². The number of hydrogen-bond acceptors (Lipinski definition) is 4. The minimum absolute atomic E-state index is 0.0323. The molecule has 1 aromatic carbocycles. The maximum Gasteiger partial charge on any atom is 0.325 e. The number of amides is 3. The SMILES string of the molecule is COC(=O)CNC(=O)N1[C@@H]2CC[C@H]1CC(NC(=O)c1ccc(F)cc1)C2. The number of fused-ring (bicyclic) bond motifs is 2. The molecule has 7 nitrogen and oxygen atoms in total. The number of ether oxygens (including phenoxy) is 1. The Kier molecular flexibility index (Phi) is 5.39. The lowest BCUT2D eigenvalue weighted by Gasteiger charge is -2.39. The van der Waals surface area contributed by atoms with Crippen LogP contribution in [0.2, 0.25) is 0 Å². The molecule has 2 aliphatic rings. The van der Waals surface area contributed by atoms with Crippen molar-refractivity contribution in [3.63, 3.8) is 0 Å². The summed E-state index contributed by atoms with van der Waals surface area (Å²) in [6.07, 6.45) is 3.07. The average molecular weight is 363 g/mol. The number of halogens is 1. The molecule has 0 saturated carbocycles. The number of nitrogens with zero attached hydrogens (tertiary/aromatic N) is 1. The summed E-state index contributed by atoms with van der Waals surface area (Å²) in [4.78, 5) is 37.6. The van der Waals surface area contributed by atoms with Crippen LogP contribution in [0.1, 0.15) is 36.0 Å². The van der Waals surface area contributed by atoms with Crippen LogP contribution >= 0.6 is 0 Å². The molecule has 1 aromatic rings. The van der Waals surface area contributed by atoms with Crippen molar-refractivity contribution in [2.45, 2.75) is 43.8 Å².